The van der Waals surface area contributed by atoms with Gasteiger partial charge in [-0.1, -0.05) is 0 Å². The first-order valence-corrected chi connectivity index (χ1v) is 9.70. The summed E-state index contributed by atoms with van der Waals surface area (Å²) >= 11 is 0. The van der Waals surface area contributed by atoms with Crippen molar-refractivity contribution in [2.24, 2.45) is 0 Å². The maximum atomic E-state index is 12.7. The second-order valence-electron chi connectivity index (χ2n) is 6.27. The van der Waals surface area contributed by atoms with Gasteiger partial charge in [0.2, 0.25) is 5.91 Å². The molecule has 0 bridgehead atoms. The van der Waals surface area contributed by atoms with Crippen LogP contribution in [0.3, 0.4) is 0 Å². The van der Waals surface area contributed by atoms with E-state index in [1.165, 1.54) is 49.6 Å². The van der Waals surface area contributed by atoms with E-state index in [-0.39, 0.29) is 23.5 Å². The number of anilines is 1. The van der Waals surface area contributed by atoms with Crippen LogP contribution >= 0.6 is 0 Å². The molecule has 2 aromatic rings. The quantitative estimate of drug-likeness (QED) is 0.742. The highest BCUT2D eigenvalue weighted by Gasteiger charge is 2.27. The lowest BCUT2D eigenvalue weighted by Crippen LogP contribution is -2.34. The SMILES string of the molecule is CN(C)C(=O)c1cccnc1S(=O)(=O)NC(=O)c1cnc2c(c1)CCC(=O)N2. The molecule has 0 aliphatic carbocycles. The highest BCUT2D eigenvalue weighted by atomic mass is 32.2. The Morgan fingerprint density at radius 1 is 1.21 bits per heavy atom. The fourth-order valence-electron chi connectivity index (χ4n) is 2.62. The maximum absolute atomic E-state index is 12.7. The van der Waals surface area contributed by atoms with Crippen LogP contribution in [0.5, 0.6) is 0 Å². The molecular formula is C17H17N5O5S. The molecule has 0 spiro atoms. The van der Waals surface area contributed by atoms with Gasteiger partial charge in [-0.05, 0) is 30.2 Å². The standard InChI is InChI=1S/C17H17N5O5S/c1-22(2)17(25)12-4-3-7-18-16(12)28(26,27)21-15(24)11-8-10-5-6-13(23)20-14(10)19-9-11/h3-4,7-9H,5-6H2,1-2H3,(H,21,24)(H,19,20,23). The third-order valence-corrected chi connectivity index (χ3v) is 5.29. The minimum Gasteiger partial charge on any atom is -0.345 e. The second-order valence-corrected chi connectivity index (χ2v) is 7.87. The summed E-state index contributed by atoms with van der Waals surface area (Å²) in [6, 6.07) is 4.22. The van der Waals surface area contributed by atoms with E-state index in [0.29, 0.717) is 17.8 Å². The third kappa shape index (κ3) is 3.83. The summed E-state index contributed by atoms with van der Waals surface area (Å²) in [6.45, 7) is 0. The van der Waals surface area contributed by atoms with Gasteiger partial charge in [-0.15, -0.1) is 0 Å². The van der Waals surface area contributed by atoms with Gasteiger partial charge in [0.05, 0.1) is 11.1 Å². The fourth-order valence-corrected chi connectivity index (χ4v) is 3.72. The van der Waals surface area contributed by atoms with Crippen molar-refractivity contribution in [2.75, 3.05) is 19.4 Å². The van der Waals surface area contributed by atoms with Gasteiger partial charge in [0, 0.05) is 32.9 Å². The van der Waals surface area contributed by atoms with Gasteiger partial charge in [-0.3, -0.25) is 14.4 Å². The average Bonchev–Trinajstić information content (AvgIpc) is 2.66. The number of pyridine rings is 2. The summed E-state index contributed by atoms with van der Waals surface area (Å²) in [7, 11) is -1.45. The lowest BCUT2D eigenvalue weighted by Gasteiger charge is -2.16. The minimum absolute atomic E-state index is 0.00916. The zero-order valence-corrected chi connectivity index (χ0v) is 15.9. The lowest BCUT2D eigenvalue weighted by atomic mass is 10.0. The Labute approximate surface area is 161 Å². The molecule has 0 aromatic carbocycles. The molecule has 0 unspecified atom stereocenters. The number of rotatable bonds is 4. The molecule has 3 rings (SSSR count). The number of nitrogens with zero attached hydrogens (tertiary/aromatic N) is 3. The monoisotopic (exact) mass is 403 g/mol. The first-order valence-electron chi connectivity index (χ1n) is 8.21. The highest BCUT2D eigenvalue weighted by Crippen LogP contribution is 2.21. The van der Waals surface area contributed by atoms with E-state index >= 15 is 0 Å². The first-order chi connectivity index (χ1) is 13.2. The number of carbonyl (C=O) groups is 3. The first kappa shape index (κ1) is 19.4. The number of hydrogen-bond acceptors (Lipinski definition) is 7. The number of carbonyl (C=O) groups excluding carboxylic acids is 3. The molecule has 3 amide bonds. The largest absolute Gasteiger partial charge is 0.345 e. The predicted octanol–water partition coefficient (Wildman–Crippen LogP) is 0.182. The molecule has 2 aromatic heterocycles. The van der Waals surface area contributed by atoms with Gasteiger partial charge in [0.1, 0.15) is 5.82 Å². The van der Waals surface area contributed by atoms with E-state index in [2.05, 4.69) is 15.3 Å². The smallest absolute Gasteiger partial charge is 0.282 e. The van der Waals surface area contributed by atoms with Crippen molar-refractivity contribution < 1.29 is 22.8 Å². The molecule has 0 atom stereocenters. The van der Waals surface area contributed by atoms with E-state index < -0.39 is 26.9 Å². The van der Waals surface area contributed by atoms with Gasteiger partial charge in [-0.2, -0.15) is 8.42 Å². The van der Waals surface area contributed by atoms with Crippen LogP contribution in [0.2, 0.25) is 0 Å². The van der Waals surface area contributed by atoms with Gasteiger partial charge in [0.15, 0.2) is 5.03 Å². The summed E-state index contributed by atoms with van der Waals surface area (Å²) in [5.41, 5.74) is 0.486. The molecule has 0 radical (unpaired) electrons. The van der Waals surface area contributed by atoms with Crippen molar-refractivity contribution in [3.63, 3.8) is 0 Å². The Balaban J connectivity index is 1.89. The van der Waals surface area contributed by atoms with Crippen molar-refractivity contribution >= 4 is 33.6 Å². The Hall–Kier alpha value is -3.34. The van der Waals surface area contributed by atoms with Crippen LogP contribution < -0.4 is 10.0 Å². The van der Waals surface area contributed by atoms with Crippen molar-refractivity contribution in [3.8, 4) is 0 Å². The van der Waals surface area contributed by atoms with Crippen LogP contribution in [0.1, 0.15) is 32.7 Å². The molecule has 0 saturated carbocycles. The lowest BCUT2D eigenvalue weighted by molar-refractivity contribution is -0.116. The normalized spacial score (nSPS) is 13.3. The molecule has 0 fully saturated rings. The average molecular weight is 403 g/mol. The Bertz CT molecular complexity index is 1080. The van der Waals surface area contributed by atoms with Crippen LogP contribution in [0.25, 0.3) is 0 Å². The second kappa shape index (κ2) is 7.35. The van der Waals surface area contributed by atoms with Crippen LogP contribution in [0, 0.1) is 0 Å². The molecule has 1 aliphatic rings. The van der Waals surface area contributed by atoms with E-state index in [4.69, 9.17) is 0 Å². The summed E-state index contributed by atoms with van der Waals surface area (Å²) in [5.74, 6) is -1.31. The molecule has 10 nitrogen and oxygen atoms in total. The van der Waals surface area contributed by atoms with Gasteiger partial charge in [-0.25, -0.2) is 14.7 Å². The molecule has 28 heavy (non-hydrogen) atoms. The molecule has 0 saturated heterocycles. The zero-order chi connectivity index (χ0) is 20.5. The third-order valence-electron chi connectivity index (χ3n) is 4.00. The Kier molecular flexibility index (Phi) is 5.10. The number of hydrogen-bond donors (Lipinski definition) is 2. The number of aryl methyl sites for hydroxylation is 1. The summed E-state index contributed by atoms with van der Waals surface area (Å²) in [4.78, 5) is 45.0. The molecule has 1 aliphatic heterocycles. The van der Waals surface area contributed by atoms with E-state index in [1.54, 1.807) is 0 Å². The summed E-state index contributed by atoms with van der Waals surface area (Å²) < 4.78 is 27.2. The van der Waals surface area contributed by atoms with E-state index in [9.17, 15) is 22.8 Å². The topological polar surface area (TPSA) is 138 Å². The van der Waals surface area contributed by atoms with Crippen LogP contribution in [0.4, 0.5) is 5.82 Å². The molecule has 3 heterocycles. The van der Waals surface area contributed by atoms with Gasteiger partial charge < -0.3 is 10.2 Å². The maximum Gasteiger partial charge on any atom is 0.282 e. The van der Waals surface area contributed by atoms with Crippen LogP contribution in [-0.2, 0) is 21.2 Å². The Morgan fingerprint density at radius 3 is 2.68 bits per heavy atom. The van der Waals surface area contributed by atoms with Crippen molar-refractivity contribution in [1.29, 1.82) is 0 Å². The number of nitrogens with one attached hydrogen (secondary N) is 2. The van der Waals surface area contributed by atoms with Gasteiger partial charge >= 0.3 is 0 Å². The van der Waals surface area contributed by atoms with E-state index in [1.807, 2.05) is 4.72 Å². The molecular weight excluding hydrogens is 386 g/mol. The molecule has 146 valence electrons. The van der Waals surface area contributed by atoms with Crippen molar-refractivity contribution in [3.05, 3.63) is 47.3 Å². The van der Waals surface area contributed by atoms with Crippen LogP contribution in [-0.4, -0.2) is 55.1 Å². The molecule has 2 N–H and O–H groups in total. The number of amides is 3. The fraction of sp³-hybridized carbons (Fsp3) is 0.235. The number of fused-ring (bicyclic) bond motifs is 1. The summed E-state index contributed by atoms with van der Waals surface area (Å²) in [5, 5.41) is 2.04. The zero-order valence-electron chi connectivity index (χ0n) is 15.1. The van der Waals surface area contributed by atoms with Crippen molar-refractivity contribution in [2.45, 2.75) is 17.9 Å². The highest BCUT2D eigenvalue weighted by molar-refractivity contribution is 7.90. The van der Waals surface area contributed by atoms with Gasteiger partial charge in [0.25, 0.3) is 21.8 Å². The van der Waals surface area contributed by atoms with Crippen molar-refractivity contribution in [1.82, 2.24) is 19.6 Å². The Morgan fingerprint density at radius 2 is 1.96 bits per heavy atom. The molecule has 11 heteroatoms. The predicted molar refractivity (Wildman–Crippen MR) is 98.1 cm³/mol. The van der Waals surface area contributed by atoms with E-state index in [0.717, 1.165) is 0 Å². The van der Waals surface area contributed by atoms with Crippen LogP contribution in [0.15, 0.2) is 35.6 Å². The number of aromatic nitrogens is 2. The summed E-state index contributed by atoms with van der Waals surface area (Å²) in [6.07, 6.45) is 3.03. The number of sulfonamides is 1. The minimum atomic E-state index is -4.40.